The number of nitrogens with zero attached hydrogens (tertiary/aromatic N) is 3. The number of hydrogen-bond acceptors (Lipinski definition) is 4. The average molecular weight is 382 g/mol. The van der Waals surface area contributed by atoms with Crippen LogP contribution in [0.3, 0.4) is 0 Å². The lowest BCUT2D eigenvalue weighted by molar-refractivity contribution is 1.13. The van der Waals surface area contributed by atoms with Crippen molar-refractivity contribution in [2.45, 2.75) is 0 Å². The minimum absolute atomic E-state index is 0.578. The van der Waals surface area contributed by atoms with Crippen molar-refractivity contribution in [3.63, 3.8) is 0 Å². The lowest BCUT2D eigenvalue weighted by Gasteiger charge is -2.11. The number of rotatable bonds is 4. The molecule has 0 N–H and O–H groups in total. The molecule has 0 saturated carbocycles. The van der Waals surface area contributed by atoms with Crippen molar-refractivity contribution in [3.05, 3.63) is 82.7 Å². The topological polar surface area (TPSA) is 39.9 Å². The van der Waals surface area contributed by atoms with Crippen LogP contribution in [0.1, 0.15) is 10.6 Å². The van der Waals surface area contributed by atoms with E-state index in [1.165, 1.54) is 22.1 Å². The zero-order valence-electron chi connectivity index (χ0n) is 15.8. The molecule has 0 aliphatic heterocycles. The van der Waals surface area contributed by atoms with Gasteiger partial charge in [0.1, 0.15) is 11.1 Å². The maximum absolute atomic E-state index is 9.68. The molecular weight excluding hydrogens is 362 g/mol. The fourth-order valence-electron chi connectivity index (χ4n) is 3.15. The molecule has 0 aliphatic rings. The number of fused-ring (bicyclic) bond motifs is 1. The summed E-state index contributed by atoms with van der Waals surface area (Å²) >= 11 is 1.50. The van der Waals surface area contributed by atoms with Crippen LogP contribution < -0.4 is 4.90 Å². The predicted molar refractivity (Wildman–Crippen MR) is 119 cm³/mol. The molecule has 4 aromatic rings. The molecule has 0 fully saturated rings. The molecule has 0 saturated heterocycles. The number of nitriles is 1. The number of anilines is 1. The number of thiazole rings is 1. The zero-order valence-corrected chi connectivity index (χ0v) is 16.6. The summed E-state index contributed by atoms with van der Waals surface area (Å²) in [7, 11) is 4.02. The molecule has 3 nitrogen and oxygen atoms in total. The Bertz CT molecular complexity index is 1190. The van der Waals surface area contributed by atoms with Gasteiger partial charge in [-0.15, -0.1) is 11.3 Å². The van der Waals surface area contributed by atoms with Crippen LogP contribution in [0.25, 0.3) is 33.7 Å². The first-order valence-corrected chi connectivity index (χ1v) is 9.87. The molecule has 0 atom stereocenters. The van der Waals surface area contributed by atoms with Gasteiger partial charge in [-0.3, -0.25) is 0 Å². The van der Waals surface area contributed by atoms with E-state index in [9.17, 15) is 5.26 Å². The number of benzene rings is 3. The second kappa shape index (κ2) is 7.67. The fraction of sp³-hybridized carbons (Fsp3) is 0.0833. The Labute approximate surface area is 168 Å². The van der Waals surface area contributed by atoms with Crippen LogP contribution >= 0.6 is 11.3 Å². The highest BCUT2D eigenvalue weighted by Gasteiger charge is 2.11. The Kier molecular flexibility index (Phi) is 4.92. The molecule has 136 valence electrons. The van der Waals surface area contributed by atoms with E-state index in [1.54, 1.807) is 0 Å². The third-order valence-corrected chi connectivity index (χ3v) is 5.52. The molecule has 0 spiro atoms. The van der Waals surface area contributed by atoms with Crippen molar-refractivity contribution in [1.82, 2.24) is 4.98 Å². The van der Waals surface area contributed by atoms with E-state index in [1.807, 2.05) is 68.0 Å². The minimum Gasteiger partial charge on any atom is -0.378 e. The maximum atomic E-state index is 9.68. The van der Waals surface area contributed by atoms with Crippen LogP contribution in [-0.2, 0) is 0 Å². The Morgan fingerprint density at radius 3 is 2.50 bits per heavy atom. The molecule has 0 aliphatic carbocycles. The highest BCUT2D eigenvalue weighted by Crippen LogP contribution is 2.31. The smallest absolute Gasteiger partial charge is 0.134 e. The van der Waals surface area contributed by atoms with Gasteiger partial charge in [-0.25, -0.2) is 4.98 Å². The Morgan fingerprint density at radius 1 is 1.00 bits per heavy atom. The van der Waals surface area contributed by atoms with E-state index in [0.29, 0.717) is 5.57 Å². The van der Waals surface area contributed by atoms with Crippen molar-refractivity contribution < 1.29 is 0 Å². The molecule has 0 radical (unpaired) electrons. The Balaban J connectivity index is 1.70. The zero-order chi connectivity index (χ0) is 19.5. The summed E-state index contributed by atoms with van der Waals surface area (Å²) in [5.41, 5.74) is 4.69. The predicted octanol–water partition coefficient (Wildman–Crippen LogP) is 6.09. The van der Waals surface area contributed by atoms with Gasteiger partial charge in [0.25, 0.3) is 0 Å². The number of allylic oxidation sites excluding steroid dienone is 1. The summed E-state index contributed by atoms with van der Waals surface area (Å²) in [5, 5.41) is 14.8. The van der Waals surface area contributed by atoms with Crippen LogP contribution in [0, 0.1) is 11.3 Å². The van der Waals surface area contributed by atoms with Gasteiger partial charge in [0.05, 0.1) is 11.3 Å². The molecule has 4 rings (SSSR count). The van der Waals surface area contributed by atoms with E-state index in [-0.39, 0.29) is 0 Å². The normalized spacial score (nSPS) is 11.4. The third-order valence-electron chi connectivity index (χ3n) is 4.64. The molecule has 28 heavy (non-hydrogen) atoms. The van der Waals surface area contributed by atoms with Gasteiger partial charge < -0.3 is 4.90 Å². The summed E-state index contributed by atoms with van der Waals surface area (Å²) in [4.78, 5) is 6.81. The summed E-state index contributed by atoms with van der Waals surface area (Å²) in [6.45, 7) is 0. The summed E-state index contributed by atoms with van der Waals surface area (Å²) in [6, 6.07) is 24.9. The number of aromatic nitrogens is 1. The van der Waals surface area contributed by atoms with Crippen LogP contribution in [0.5, 0.6) is 0 Å². The number of hydrogen-bond donors (Lipinski definition) is 0. The first-order valence-electron chi connectivity index (χ1n) is 8.99. The van der Waals surface area contributed by atoms with E-state index in [4.69, 9.17) is 4.98 Å². The molecule has 4 heteroatoms. The molecule has 0 unspecified atom stereocenters. The Morgan fingerprint density at radius 2 is 1.75 bits per heavy atom. The van der Waals surface area contributed by atoms with Crippen LogP contribution in [-0.4, -0.2) is 19.1 Å². The Hall–Kier alpha value is -3.42. The lowest BCUT2D eigenvalue weighted by atomic mass is 10.0. The highest BCUT2D eigenvalue weighted by molar-refractivity contribution is 7.11. The van der Waals surface area contributed by atoms with Gasteiger partial charge in [-0.2, -0.15) is 5.26 Å². The van der Waals surface area contributed by atoms with E-state index in [0.717, 1.165) is 27.5 Å². The van der Waals surface area contributed by atoms with Crippen molar-refractivity contribution in [3.8, 4) is 17.3 Å². The molecule has 0 amide bonds. The van der Waals surface area contributed by atoms with Gasteiger partial charge in [0.15, 0.2) is 0 Å². The first-order chi connectivity index (χ1) is 13.7. The maximum Gasteiger partial charge on any atom is 0.134 e. The van der Waals surface area contributed by atoms with E-state index >= 15 is 0 Å². The van der Waals surface area contributed by atoms with Gasteiger partial charge in [-0.1, -0.05) is 54.6 Å². The second-order valence-electron chi connectivity index (χ2n) is 6.72. The van der Waals surface area contributed by atoms with Gasteiger partial charge in [-0.05, 0) is 34.5 Å². The lowest BCUT2D eigenvalue weighted by Crippen LogP contribution is -2.07. The van der Waals surface area contributed by atoms with Gasteiger partial charge in [0.2, 0.25) is 0 Å². The standard InChI is InChI=1S/C24H19N3S/c1-27(2)20-12-10-17(11-13-20)14-19(15-25)24-26-23(16-28-24)22-9-5-7-18-6-3-4-8-21(18)22/h3-14,16H,1-2H3/b19-14+. The van der Waals surface area contributed by atoms with Crippen LogP contribution in [0.4, 0.5) is 5.69 Å². The van der Waals surface area contributed by atoms with Gasteiger partial charge in [0, 0.05) is 30.7 Å². The molecular formula is C24H19N3S. The van der Waals surface area contributed by atoms with E-state index < -0.39 is 0 Å². The highest BCUT2D eigenvalue weighted by atomic mass is 32.1. The van der Waals surface area contributed by atoms with Crippen molar-refractivity contribution in [2.75, 3.05) is 19.0 Å². The third kappa shape index (κ3) is 3.53. The summed E-state index contributed by atoms with van der Waals surface area (Å²) in [6.07, 6.45) is 1.89. The van der Waals surface area contributed by atoms with E-state index in [2.05, 4.69) is 35.2 Å². The largest absolute Gasteiger partial charge is 0.378 e. The summed E-state index contributed by atoms with van der Waals surface area (Å²) in [5.74, 6) is 0. The SMILES string of the molecule is CN(C)c1ccc(/C=C(\C#N)c2nc(-c3cccc4ccccc34)cs2)cc1. The second-order valence-corrected chi connectivity index (χ2v) is 7.58. The molecule has 0 bridgehead atoms. The first kappa shape index (κ1) is 18.0. The molecule has 3 aromatic carbocycles. The fourth-order valence-corrected chi connectivity index (χ4v) is 3.93. The molecule has 1 heterocycles. The van der Waals surface area contributed by atoms with Crippen molar-refractivity contribution in [1.29, 1.82) is 5.26 Å². The van der Waals surface area contributed by atoms with Crippen molar-refractivity contribution >= 4 is 39.4 Å². The average Bonchev–Trinajstić information content (AvgIpc) is 3.21. The van der Waals surface area contributed by atoms with Gasteiger partial charge >= 0.3 is 0 Å². The monoisotopic (exact) mass is 381 g/mol. The molecule has 1 aromatic heterocycles. The van der Waals surface area contributed by atoms with Crippen LogP contribution in [0.15, 0.2) is 72.1 Å². The minimum atomic E-state index is 0.578. The van der Waals surface area contributed by atoms with Crippen molar-refractivity contribution in [2.24, 2.45) is 0 Å². The summed E-state index contributed by atoms with van der Waals surface area (Å²) < 4.78 is 0. The quantitative estimate of drug-likeness (QED) is 0.401. The van der Waals surface area contributed by atoms with Crippen LogP contribution in [0.2, 0.25) is 0 Å².